The van der Waals surface area contributed by atoms with Crippen LogP contribution in [0.1, 0.15) is 5.69 Å². The van der Waals surface area contributed by atoms with E-state index in [-0.39, 0.29) is 0 Å². The number of hydrogen-bond acceptors (Lipinski definition) is 4. The largest absolute Gasteiger partial charge is 0.512 e. The standard InChI is InChI=1S/C12H9ClN2O4/c1-7-6-10(16)11(19-12(17)18)14-15(7)9-4-2-8(13)3-5-9/h2-6H,1H3,(H,17,18). The summed E-state index contributed by atoms with van der Waals surface area (Å²) in [6.07, 6.45) is -1.59. The first-order chi connectivity index (χ1) is 8.97. The minimum atomic E-state index is -1.59. The molecule has 1 aromatic heterocycles. The molecule has 0 bridgehead atoms. The zero-order valence-corrected chi connectivity index (χ0v) is 10.6. The molecule has 19 heavy (non-hydrogen) atoms. The highest BCUT2D eigenvalue weighted by Gasteiger charge is 2.11. The van der Waals surface area contributed by atoms with Crippen LogP contribution in [-0.2, 0) is 0 Å². The molecule has 0 radical (unpaired) electrons. The predicted molar refractivity (Wildman–Crippen MR) is 68.2 cm³/mol. The van der Waals surface area contributed by atoms with Gasteiger partial charge in [0.05, 0.1) is 5.69 Å². The highest BCUT2D eigenvalue weighted by Crippen LogP contribution is 2.14. The first-order valence-electron chi connectivity index (χ1n) is 5.25. The SMILES string of the molecule is Cc1cc(=O)c(OC(=O)O)nn1-c1ccc(Cl)cc1. The average Bonchev–Trinajstić information content (AvgIpc) is 2.33. The number of hydrogen-bond donors (Lipinski definition) is 1. The van der Waals surface area contributed by atoms with Gasteiger partial charge in [0.2, 0.25) is 5.43 Å². The highest BCUT2D eigenvalue weighted by atomic mass is 35.5. The van der Waals surface area contributed by atoms with E-state index in [4.69, 9.17) is 16.7 Å². The van der Waals surface area contributed by atoms with Gasteiger partial charge in [0.15, 0.2) is 0 Å². The van der Waals surface area contributed by atoms with E-state index < -0.39 is 17.5 Å². The van der Waals surface area contributed by atoms with Crippen LogP contribution >= 0.6 is 11.6 Å². The quantitative estimate of drug-likeness (QED) is 0.853. The Morgan fingerprint density at radius 1 is 1.37 bits per heavy atom. The molecule has 0 fully saturated rings. The number of ether oxygens (including phenoxy) is 1. The highest BCUT2D eigenvalue weighted by molar-refractivity contribution is 6.30. The normalized spacial score (nSPS) is 10.2. The summed E-state index contributed by atoms with van der Waals surface area (Å²) in [5.74, 6) is -0.493. The first-order valence-corrected chi connectivity index (χ1v) is 5.63. The van der Waals surface area contributed by atoms with Gasteiger partial charge in [-0.3, -0.25) is 4.79 Å². The maximum atomic E-state index is 11.5. The van der Waals surface area contributed by atoms with E-state index in [9.17, 15) is 9.59 Å². The number of halogens is 1. The van der Waals surface area contributed by atoms with Crippen molar-refractivity contribution in [3.8, 4) is 11.6 Å². The summed E-state index contributed by atoms with van der Waals surface area (Å²) in [5, 5.41) is 13.0. The van der Waals surface area contributed by atoms with E-state index in [0.29, 0.717) is 16.4 Å². The molecule has 7 heteroatoms. The Hall–Kier alpha value is -2.34. The fourth-order valence-electron chi connectivity index (χ4n) is 1.53. The fraction of sp³-hybridized carbons (Fsp3) is 0.0833. The number of rotatable bonds is 2. The van der Waals surface area contributed by atoms with Crippen LogP contribution in [0.25, 0.3) is 5.69 Å². The molecule has 0 aliphatic heterocycles. The summed E-state index contributed by atoms with van der Waals surface area (Å²) >= 11 is 5.78. The van der Waals surface area contributed by atoms with Crippen LogP contribution in [0.15, 0.2) is 35.1 Å². The third-order valence-corrected chi connectivity index (χ3v) is 2.58. The van der Waals surface area contributed by atoms with Crippen LogP contribution in [0.2, 0.25) is 5.02 Å². The van der Waals surface area contributed by atoms with Crippen molar-refractivity contribution in [2.45, 2.75) is 6.92 Å². The molecule has 1 N–H and O–H groups in total. The summed E-state index contributed by atoms with van der Waals surface area (Å²) in [6, 6.07) is 7.95. The van der Waals surface area contributed by atoms with Crippen LogP contribution in [0, 0.1) is 6.92 Å². The minimum Gasteiger partial charge on any atom is -0.449 e. The van der Waals surface area contributed by atoms with Crippen molar-refractivity contribution in [1.82, 2.24) is 9.78 Å². The lowest BCUT2D eigenvalue weighted by Gasteiger charge is -2.10. The molecule has 0 unspecified atom stereocenters. The summed E-state index contributed by atoms with van der Waals surface area (Å²) in [7, 11) is 0. The van der Waals surface area contributed by atoms with Gasteiger partial charge in [-0.15, -0.1) is 5.10 Å². The number of benzene rings is 1. The molecule has 1 aromatic carbocycles. The van der Waals surface area contributed by atoms with Crippen LogP contribution < -0.4 is 10.2 Å². The van der Waals surface area contributed by atoms with E-state index in [1.165, 1.54) is 10.7 Å². The summed E-state index contributed by atoms with van der Waals surface area (Å²) in [5.41, 5.74) is 0.590. The van der Waals surface area contributed by atoms with Crippen LogP contribution in [0.5, 0.6) is 5.88 Å². The Kier molecular flexibility index (Phi) is 3.52. The molecular formula is C12H9ClN2O4. The first kappa shape index (κ1) is 13.1. The van der Waals surface area contributed by atoms with Crippen LogP contribution in [0.4, 0.5) is 4.79 Å². The number of aryl methyl sites for hydroxylation is 1. The molecule has 98 valence electrons. The van der Waals surface area contributed by atoms with Crippen molar-refractivity contribution in [2.24, 2.45) is 0 Å². The van der Waals surface area contributed by atoms with Crippen molar-refractivity contribution in [2.75, 3.05) is 0 Å². The molecule has 2 rings (SSSR count). The molecule has 0 aliphatic rings. The van der Waals surface area contributed by atoms with E-state index in [1.807, 2.05) is 0 Å². The van der Waals surface area contributed by atoms with Crippen molar-refractivity contribution in [3.63, 3.8) is 0 Å². The predicted octanol–water partition coefficient (Wildman–Crippen LogP) is 2.25. The van der Waals surface area contributed by atoms with Crippen molar-refractivity contribution >= 4 is 17.8 Å². The fourth-order valence-corrected chi connectivity index (χ4v) is 1.65. The molecular weight excluding hydrogens is 272 g/mol. The Labute approximate surface area is 112 Å². The van der Waals surface area contributed by atoms with Gasteiger partial charge in [0, 0.05) is 16.8 Å². The Morgan fingerprint density at radius 3 is 2.58 bits per heavy atom. The molecule has 0 atom stereocenters. The lowest BCUT2D eigenvalue weighted by molar-refractivity contribution is 0.141. The van der Waals surface area contributed by atoms with Gasteiger partial charge in [0.25, 0.3) is 5.88 Å². The lowest BCUT2D eigenvalue weighted by Crippen LogP contribution is -2.19. The summed E-state index contributed by atoms with van der Waals surface area (Å²) in [4.78, 5) is 22.0. The molecule has 0 saturated heterocycles. The molecule has 0 spiro atoms. The van der Waals surface area contributed by atoms with E-state index >= 15 is 0 Å². The molecule has 1 heterocycles. The molecule has 2 aromatic rings. The van der Waals surface area contributed by atoms with Gasteiger partial charge in [-0.2, -0.15) is 0 Å². The lowest BCUT2D eigenvalue weighted by atomic mass is 10.3. The van der Waals surface area contributed by atoms with Crippen molar-refractivity contribution in [3.05, 3.63) is 51.3 Å². The number of nitrogens with zero attached hydrogens (tertiary/aromatic N) is 2. The van der Waals surface area contributed by atoms with Gasteiger partial charge in [-0.1, -0.05) is 11.6 Å². The van der Waals surface area contributed by atoms with Crippen molar-refractivity contribution < 1.29 is 14.6 Å². The number of aromatic nitrogens is 2. The third-order valence-electron chi connectivity index (χ3n) is 2.33. The maximum Gasteiger partial charge on any atom is 0.512 e. The van der Waals surface area contributed by atoms with Gasteiger partial charge >= 0.3 is 6.16 Å². The smallest absolute Gasteiger partial charge is 0.449 e. The molecule has 0 aliphatic carbocycles. The second-order valence-electron chi connectivity index (χ2n) is 3.71. The second-order valence-corrected chi connectivity index (χ2v) is 4.15. The Bertz CT molecular complexity index is 679. The zero-order chi connectivity index (χ0) is 14.0. The molecule has 0 amide bonds. The minimum absolute atomic E-state index is 0.493. The molecule has 6 nitrogen and oxygen atoms in total. The van der Waals surface area contributed by atoms with Crippen LogP contribution in [-0.4, -0.2) is 21.0 Å². The monoisotopic (exact) mass is 280 g/mol. The van der Waals surface area contributed by atoms with Gasteiger partial charge in [0.1, 0.15) is 0 Å². The van der Waals surface area contributed by atoms with E-state index in [1.54, 1.807) is 31.2 Å². The Morgan fingerprint density at radius 2 is 2.00 bits per heavy atom. The van der Waals surface area contributed by atoms with E-state index in [2.05, 4.69) is 9.84 Å². The maximum absolute atomic E-state index is 11.5. The number of carboxylic acid groups (broad SMARTS) is 1. The van der Waals surface area contributed by atoms with Crippen LogP contribution in [0.3, 0.4) is 0 Å². The molecule has 0 saturated carbocycles. The average molecular weight is 281 g/mol. The van der Waals surface area contributed by atoms with Crippen molar-refractivity contribution in [1.29, 1.82) is 0 Å². The van der Waals surface area contributed by atoms with E-state index in [0.717, 1.165) is 0 Å². The second kappa shape index (κ2) is 5.11. The summed E-state index contributed by atoms with van der Waals surface area (Å²) < 4.78 is 5.73. The van der Waals surface area contributed by atoms with Gasteiger partial charge < -0.3 is 9.84 Å². The topological polar surface area (TPSA) is 81.4 Å². The van der Waals surface area contributed by atoms with Gasteiger partial charge in [-0.25, -0.2) is 9.48 Å². The van der Waals surface area contributed by atoms with Gasteiger partial charge in [-0.05, 0) is 31.2 Å². The zero-order valence-electron chi connectivity index (χ0n) is 9.83. The third kappa shape index (κ3) is 2.92. The summed E-state index contributed by atoms with van der Waals surface area (Å²) in [6.45, 7) is 1.67. The number of carbonyl (C=O) groups is 1. The Balaban J connectivity index is 2.54.